The number of aliphatic hydroxyl groups is 1. The van der Waals surface area contributed by atoms with Crippen molar-refractivity contribution >= 4 is 27.3 Å². The number of thiophene rings is 1. The Morgan fingerprint density at radius 2 is 2.43 bits per heavy atom. The fourth-order valence-corrected chi connectivity index (χ4v) is 3.31. The minimum atomic E-state index is -0.546. The van der Waals surface area contributed by atoms with Gasteiger partial charge < -0.3 is 15.2 Å². The van der Waals surface area contributed by atoms with E-state index in [0.717, 1.165) is 14.4 Å². The van der Waals surface area contributed by atoms with Crippen LogP contribution in [-0.4, -0.2) is 30.9 Å². The third-order valence-corrected chi connectivity index (χ3v) is 4.25. The molecule has 78 valence electrons. The second-order valence-corrected chi connectivity index (χ2v) is 5.51. The van der Waals surface area contributed by atoms with E-state index in [1.165, 1.54) is 0 Å². The average molecular weight is 278 g/mol. The summed E-state index contributed by atoms with van der Waals surface area (Å²) in [6, 6.07) is 2.01. The quantitative estimate of drug-likeness (QED) is 0.878. The molecular weight excluding hydrogens is 266 g/mol. The summed E-state index contributed by atoms with van der Waals surface area (Å²) in [5.74, 6) is 0. The fraction of sp³-hybridized carbons (Fsp3) is 0.556. The highest BCUT2D eigenvalue weighted by atomic mass is 79.9. The number of rotatable bonds is 3. The van der Waals surface area contributed by atoms with Crippen molar-refractivity contribution in [3.63, 3.8) is 0 Å². The number of halogens is 1. The van der Waals surface area contributed by atoms with Gasteiger partial charge in [0, 0.05) is 24.4 Å². The molecule has 2 N–H and O–H groups in total. The molecule has 0 amide bonds. The first kappa shape index (κ1) is 10.4. The lowest BCUT2D eigenvalue weighted by Gasteiger charge is -2.37. The molecule has 1 aliphatic rings. The molecule has 14 heavy (non-hydrogen) atoms. The molecule has 5 heteroatoms. The Balaban J connectivity index is 2.09. The summed E-state index contributed by atoms with van der Waals surface area (Å²) in [5.41, 5.74) is -0.546. The van der Waals surface area contributed by atoms with Crippen LogP contribution in [0.4, 0.5) is 0 Å². The van der Waals surface area contributed by atoms with Gasteiger partial charge in [-0.15, -0.1) is 11.3 Å². The van der Waals surface area contributed by atoms with Crippen LogP contribution in [0.1, 0.15) is 4.88 Å². The molecule has 0 aliphatic carbocycles. The van der Waals surface area contributed by atoms with Crippen LogP contribution in [0.5, 0.6) is 5.06 Å². The summed E-state index contributed by atoms with van der Waals surface area (Å²) in [5, 5.41) is 13.9. The van der Waals surface area contributed by atoms with Crippen LogP contribution in [0.2, 0.25) is 0 Å². The van der Waals surface area contributed by atoms with Gasteiger partial charge in [-0.25, -0.2) is 0 Å². The highest BCUT2D eigenvalue weighted by molar-refractivity contribution is 9.10. The lowest BCUT2D eigenvalue weighted by Crippen LogP contribution is -2.60. The molecule has 2 rings (SSSR count). The first-order valence-corrected chi connectivity index (χ1v) is 5.99. The maximum Gasteiger partial charge on any atom is 0.188 e. The summed E-state index contributed by atoms with van der Waals surface area (Å²) in [6.07, 6.45) is 0.701. The highest BCUT2D eigenvalue weighted by Gasteiger charge is 2.34. The molecule has 1 aromatic rings. The van der Waals surface area contributed by atoms with Gasteiger partial charge in [0.1, 0.15) is 0 Å². The minimum Gasteiger partial charge on any atom is -0.486 e. The van der Waals surface area contributed by atoms with Crippen molar-refractivity contribution in [2.75, 3.05) is 20.2 Å². The number of methoxy groups -OCH3 is 1. The standard InChI is InChI=1S/C9H12BrNO2S/c1-13-8-7(10)2-6(14-8)3-9(12)4-11-5-9/h2,11-12H,3-5H2,1H3. The summed E-state index contributed by atoms with van der Waals surface area (Å²) >= 11 is 4.99. The zero-order valence-electron chi connectivity index (χ0n) is 7.84. The Hall–Kier alpha value is -0.100. The van der Waals surface area contributed by atoms with E-state index in [9.17, 15) is 5.11 Å². The van der Waals surface area contributed by atoms with Crippen LogP contribution >= 0.6 is 27.3 Å². The van der Waals surface area contributed by atoms with Crippen molar-refractivity contribution in [1.29, 1.82) is 0 Å². The zero-order valence-corrected chi connectivity index (χ0v) is 10.2. The number of ether oxygens (including phenoxy) is 1. The molecule has 1 saturated heterocycles. The van der Waals surface area contributed by atoms with Crippen molar-refractivity contribution < 1.29 is 9.84 Å². The van der Waals surface area contributed by atoms with Crippen molar-refractivity contribution in [3.8, 4) is 5.06 Å². The van der Waals surface area contributed by atoms with E-state index in [-0.39, 0.29) is 0 Å². The lowest BCUT2D eigenvalue weighted by molar-refractivity contribution is -0.00834. The summed E-state index contributed by atoms with van der Waals surface area (Å²) in [6.45, 7) is 1.37. The fourth-order valence-electron chi connectivity index (χ4n) is 1.49. The monoisotopic (exact) mass is 277 g/mol. The molecule has 0 saturated carbocycles. The van der Waals surface area contributed by atoms with Crippen LogP contribution < -0.4 is 10.1 Å². The van der Waals surface area contributed by atoms with E-state index < -0.39 is 5.60 Å². The first-order valence-electron chi connectivity index (χ1n) is 4.38. The largest absolute Gasteiger partial charge is 0.486 e. The van der Waals surface area contributed by atoms with Gasteiger partial charge in [-0.1, -0.05) is 0 Å². The van der Waals surface area contributed by atoms with Crippen molar-refractivity contribution in [1.82, 2.24) is 5.32 Å². The Bertz CT molecular complexity index is 336. The van der Waals surface area contributed by atoms with Crippen LogP contribution in [0.3, 0.4) is 0 Å². The van der Waals surface area contributed by atoms with Crippen LogP contribution in [-0.2, 0) is 6.42 Å². The topological polar surface area (TPSA) is 41.5 Å². The molecule has 2 heterocycles. The second-order valence-electron chi connectivity index (χ2n) is 3.56. The highest BCUT2D eigenvalue weighted by Crippen LogP contribution is 2.36. The SMILES string of the molecule is COc1sc(CC2(O)CNC2)cc1Br. The number of hydrogen-bond donors (Lipinski definition) is 2. The van der Waals surface area contributed by atoms with Gasteiger partial charge in [0.05, 0.1) is 17.2 Å². The van der Waals surface area contributed by atoms with E-state index in [2.05, 4.69) is 21.2 Å². The number of hydrogen-bond acceptors (Lipinski definition) is 4. The summed E-state index contributed by atoms with van der Waals surface area (Å²) < 4.78 is 6.13. The van der Waals surface area contributed by atoms with E-state index in [1.54, 1.807) is 18.4 Å². The predicted molar refractivity (Wildman–Crippen MR) is 60.1 cm³/mol. The van der Waals surface area contributed by atoms with Crippen LogP contribution in [0.15, 0.2) is 10.5 Å². The molecule has 0 aromatic carbocycles. The molecule has 1 aromatic heterocycles. The normalized spacial score (nSPS) is 19.1. The molecule has 0 unspecified atom stereocenters. The predicted octanol–water partition coefficient (Wildman–Crippen LogP) is 1.40. The smallest absolute Gasteiger partial charge is 0.188 e. The van der Waals surface area contributed by atoms with Crippen molar-refractivity contribution in [3.05, 3.63) is 15.4 Å². The third kappa shape index (κ3) is 1.95. The Labute approximate surface area is 95.2 Å². The van der Waals surface area contributed by atoms with E-state index in [0.29, 0.717) is 19.5 Å². The molecule has 0 atom stereocenters. The van der Waals surface area contributed by atoms with Gasteiger partial charge in [-0.2, -0.15) is 0 Å². The maximum absolute atomic E-state index is 9.92. The lowest BCUT2D eigenvalue weighted by atomic mass is 9.92. The average Bonchev–Trinajstić information content (AvgIpc) is 2.43. The Morgan fingerprint density at radius 1 is 1.71 bits per heavy atom. The molecule has 0 radical (unpaired) electrons. The van der Waals surface area contributed by atoms with Gasteiger partial charge in [-0.05, 0) is 22.0 Å². The summed E-state index contributed by atoms with van der Waals surface area (Å²) in [7, 11) is 1.65. The van der Waals surface area contributed by atoms with Gasteiger partial charge in [0.2, 0.25) is 0 Å². The molecule has 1 fully saturated rings. The molecule has 3 nitrogen and oxygen atoms in total. The van der Waals surface area contributed by atoms with Gasteiger partial charge >= 0.3 is 0 Å². The molecular formula is C9H12BrNO2S. The van der Waals surface area contributed by atoms with Crippen molar-refractivity contribution in [2.45, 2.75) is 12.0 Å². The Morgan fingerprint density at radius 3 is 2.86 bits per heavy atom. The Kier molecular flexibility index (Phi) is 2.83. The van der Waals surface area contributed by atoms with Crippen LogP contribution in [0.25, 0.3) is 0 Å². The number of β-amino-alcohol motifs (C(OH)–C–C–N with tert-alkyl or cyclic N) is 1. The first-order chi connectivity index (χ1) is 6.63. The van der Waals surface area contributed by atoms with E-state index in [4.69, 9.17) is 4.74 Å². The van der Waals surface area contributed by atoms with Gasteiger partial charge in [0.25, 0.3) is 0 Å². The minimum absolute atomic E-state index is 0.546. The second kappa shape index (κ2) is 3.81. The third-order valence-electron chi connectivity index (χ3n) is 2.30. The van der Waals surface area contributed by atoms with Crippen LogP contribution in [0, 0.1) is 0 Å². The number of nitrogens with one attached hydrogen (secondary N) is 1. The zero-order chi connectivity index (χ0) is 10.2. The van der Waals surface area contributed by atoms with E-state index in [1.807, 2.05) is 6.07 Å². The van der Waals surface area contributed by atoms with Crippen molar-refractivity contribution in [2.24, 2.45) is 0 Å². The van der Waals surface area contributed by atoms with Gasteiger partial charge in [0.15, 0.2) is 5.06 Å². The molecule has 1 aliphatic heterocycles. The summed E-state index contributed by atoms with van der Waals surface area (Å²) in [4.78, 5) is 1.15. The molecule has 0 spiro atoms. The molecule has 0 bridgehead atoms. The van der Waals surface area contributed by atoms with E-state index >= 15 is 0 Å². The van der Waals surface area contributed by atoms with Gasteiger partial charge in [-0.3, -0.25) is 0 Å². The maximum atomic E-state index is 9.92.